The third kappa shape index (κ3) is 4.98. The highest BCUT2D eigenvalue weighted by atomic mass is 32.2. The monoisotopic (exact) mass is 360 g/mol. The van der Waals surface area contributed by atoms with E-state index in [1.165, 1.54) is 12.0 Å². The van der Waals surface area contributed by atoms with Gasteiger partial charge in [-0.15, -0.1) is 11.8 Å². The summed E-state index contributed by atoms with van der Waals surface area (Å²) in [6.45, 7) is 4.99. The zero-order valence-corrected chi connectivity index (χ0v) is 16.0. The summed E-state index contributed by atoms with van der Waals surface area (Å²) in [6, 6.07) is 4.11. The van der Waals surface area contributed by atoms with Crippen LogP contribution < -0.4 is 5.32 Å². The highest BCUT2D eigenvalue weighted by molar-refractivity contribution is 7.99. The van der Waals surface area contributed by atoms with Crippen molar-refractivity contribution < 1.29 is 4.79 Å². The van der Waals surface area contributed by atoms with Crippen molar-refractivity contribution in [3.63, 3.8) is 0 Å². The van der Waals surface area contributed by atoms with Crippen LogP contribution >= 0.6 is 11.8 Å². The molecule has 1 fully saturated rings. The number of nitrogens with one attached hydrogen (secondary N) is 1. The van der Waals surface area contributed by atoms with Gasteiger partial charge in [0.2, 0.25) is 5.91 Å². The van der Waals surface area contributed by atoms with Crippen LogP contribution in [0.1, 0.15) is 30.5 Å². The van der Waals surface area contributed by atoms with E-state index in [9.17, 15) is 4.79 Å². The molecule has 0 spiro atoms. The molecule has 0 saturated carbocycles. The lowest BCUT2D eigenvalue weighted by Crippen LogP contribution is -2.39. The van der Waals surface area contributed by atoms with Crippen LogP contribution in [0, 0.1) is 12.8 Å². The molecule has 0 aliphatic carbocycles. The second-order valence-electron chi connectivity index (χ2n) is 6.91. The number of thioether (sulfide) groups is 1. The average molecular weight is 361 g/mol. The number of likely N-dealkylation sites (tertiary alicyclic amines) is 1. The van der Waals surface area contributed by atoms with E-state index in [4.69, 9.17) is 0 Å². The Kier molecular flexibility index (Phi) is 6.37. The number of pyridine rings is 1. The molecular weight excluding hydrogens is 332 g/mol. The molecule has 1 saturated heterocycles. The number of fused-ring (bicyclic) bond motifs is 1. The molecule has 3 heterocycles. The lowest BCUT2D eigenvalue weighted by atomic mass is 9.93. The highest BCUT2D eigenvalue weighted by Gasteiger charge is 2.22. The first-order valence-corrected chi connectivity index (χ1v) is 10.3. The van der Waals surface area contributed by atoms with Crippen molar-refractivity contribution in [3.8, 4) is 0 Å². The number of carbonyl (C=O) groups excluding carboxylic acids is 1. The predicted octanol–water partition coefficient (Wildman–Crippen LogP) is 2.72. The number of hydrogen-bond donors (Lipinski definition) is 1. The normalized spacial score (nSPS) is 15.8. The van der Waals surface area contributed by atoms with Gasteiger partial charge in [-0.2, -0.15) is 0 Å². The van der Waals surface area contributed by atoms with Gasteiger partial charge in [0.1, 0.15) is 5.65 Å². The number of piperidine rings is 1. The van der Waals surface area contributed by atoms with E-state index in [-0.39, 0.29) is 5.91 Å². The Morgan fingerprint density at radius 1 is 1.32 bits per heavy atom. The topological polar surface area (TPSA) is 49.6 Å². The molecule has 2 aromatic heterocycles. The predicted molar refractivity (Wildman–Crippen MR) is 104 cm³/mol. The van der Waals surface area contributed by atoms with E-state index in [0.29, 0.717) is 5.75 Å². The van der Waals surface area contributed by atoms with Crippen LogP contribution in [0.3, 0.4) is 0 Å². The third-order valence-corrected chi connectivity index (χ3v) is 5.85. The molecule has 6 heteroatoms. The number of nitrogens with zero attached hydrogens (tertiary/aromatic N) is 3. The zero-order valence-electron chi connectivity index (χ0n) is 15.2. The van der Waals surface area contributed by atoms with Crippen LogP contribution in [0.4, 0.5) is 0 Å². The van der Waals surface area contributed by atoms with Gasteiger partial charge in [-0.3, -0.25) is 4.79 Å². The van der Waals surface area contributed by atoms with Gasteiger partial charge in [-0.05, 0) is 57.3 Å². The Bertz CT molecular complexity index is 707. The van der Waals surface area contributed by atoms with E-state index in [1.807, 2.05) is 18.0 Å². The van der Waals surface area contributed by atoms with Gasteiger partial charge >= 0.3 is 0 Å². The van der Waals surface area contributed by atoms with Crippen LogP contribution in [0.25, 0.3) is 5.65 Å². The largest absolute Gasteiger partial charge is 0.342 e. The second kappa shape index (κ2) is 8.72. The Hall–Kier alpha value is -1.53. The molecule has 136 valence electrons. The molecule has 0 atom stereocenters. The average Bonchev–Trinajstić information content (AvgIpc) is 3.02. The fourth-order valence-corrected chi connectivity index (χ4v) is 4.19. The van der Waals surface area contributed by atoms with Crippen LogP contribution in [0.2, 0.25) is 0 Å². The number of aromatic nitrogens is 2. The lowest BCUT2D eigenvalue weighted by Gasteiger charge is -2.32. The summed E-state index contributed by atoms with van der Waals surface area (Å²) in [5.41, 5.74) is 3.22. The number of amides is 1. The molecule has 0 aromatic carbocycles. The minimum atomic E-state index is 0.275. The van der Waals surface area contributed by atoms with Crippen molar-refractivity contribution >= 4 is 23.3 Å². The van der Waals surface area contributed by atoms with E-state index < -0.39 is 0 Å². The first-order chi connectivity index (χ1) is 12.2. The van der Waals surface area contributed by atoms with Gasteiger partial charge < -0.3 is 14.6 Å². The molecule has 1 aliphatic rings. The van der Waals surface area contributed by atoms with E-state index in [1.54, 1.807) is 11.8 Å². The Morgan fingerprint density at radius 3 is 2.88 bits per heavy atom. The van der Waals surface area contributed by atoms with Crippen LogP contribution in [-0.2, 0) is 10.5 Å². The van der Waals surface area contributed by atoms with Crippen molar-refractivity contribution in [2.45, 2.75) is 31.9 Å². The number of hydrogen-bond acceptors (Lipinski definition) is 4. The summed E-state index contributed by atoms with van der Waals surface area (Å²) in [4.78, 5) is 19.0. The molecule has 25 heavy (non-hydrogen) atoms. The van der Waals surface area contributed by atoms with Gasteiger partial charge in [-0.1, -0.05) is 6.07 Å². The van der Waals surface area contributed by atoms with E-state index in [0.717, 1.165) is 55.5 Å². The van der Waals surface area contributed by atoms with Crippen molar-refractivity contribution in [1.29, 1.82) is 0 Å². The molecule has 0 unspecified atom stereocenters. The summed E-state index contributed by atoms with van der Waals surface area (Å²) in [5, 5.41) is 3.21. The summed E-state index contributed by atoms with van der Waals surface area (Å²) in [7, 11) is 2.00. The Morgan fingerprint density at radius 2 is 2.12 bits per heavy atom. The molecular formula is C19H28N4OS. The molecule has 0 bridgehead atoms. The van der Waals surface area contributed by atoms with Gasteiger partial charge in [0.05, 0.1) is 11.4 Å². The first-order valence-electron chi connectivity index (χ1n) is 9.10. The third-order valence-electron chi connectivity index (χ3n) is 4.89. The molecule has 5 nitrogen and oxygen atoms in total. The van der Waals surface area contributed by atoms with E-state index in [2.05, 4.69) is 40.1 Å². The quantitative estimate of drug-likeness (QED) is 0.825. The van der Waals surface area contributed by atoms with E-state index >= 15 is 0 Å². The van der Waals surface area contributed by atoms with Crippen molar-refractivity contribution in [2.24, 2.45) is 5.92 Å². The highest BCUT2D eigenvalue weighted by Crippen LogP contribution is 2.21. The fourth-order valence-electron chi connectivity index (χ4n) is 3.38. The SMILES string of the molecule is CNCCC1CCN(C(=O)CSCc2cn3cc(C)ccc3n2)CC1. The van der Waals surface area contributed by atoms with Crippen molar-refractivity contribution in [2.75, 3.05) is 32.4 Å². The number of rotatable bonds is 7. The number of aryl methyl sites for hydroxylation is 1. The Balaban J connectivity index is 1.41. The minimum Gasteiger partial charge on any atom is -0.342 e. The molecule has 2 aromatic rings. The Labute approximate surface area is 154 Å². The van der Waals surface area contributed by atoms with Crippen molar-refractivity contribution in [1.82, 2.24) is 19.6 Å². The second-order valence-corrected chi connectivity index (χ2v) is 7.90. The fraction of sp³-hybridized carbons (Fsp3) is 0.579. The maximum atomic E-state index is 12.4. The molecule has 3 rings (SSSR count). The van der Waals surface area contributed by atoms with Gasteiger partial charge in [-0.25, -0.2) is 4.98 Å². The van der Waals surface area contributed by atoms with Crippen LogP contribution in [0.15, 0.2) is 24.5 Å². The number of carbonyl (C=O) groups is 1. The number of imidazole rings is 1. The van der Waals surface area contributed by atoms with Gasteiger partial charge in [0.25, 0.3) is 0 Å². The molecule has 0 radical (unpaired) electrons. The first kappa shape index (κ1) is 18.3. The summed E-state index contributed by atoms with van der Waals surface area (Å²) < 4.78 is 2.06. The van der Waals surface area contributed by atoms with Crippen molar-refractivity contribution in [3.05, 3.63) is 35.8 Å². The van der Waals surface area contributed by atoms with Gasteiger partial charge in [0.15, 0.2) is 0 Å². The van der Waals surface area contributed by atoms with Crippen LogP contribution in [-0.4, -0.2) is 52.6 Å². The standard InChI is InChI=1S/C19H28N4OS/c1-15-3-4-18-21-17(12-23(18)11-15)13-25-14-19(24)22-9-6-16(7-10-22)5-8-20-2/h3-4,11-12,16,20H,5-10,13-14H2,1-2H3. The maximum absolute atomic E-state index is 12.4. The summed E-state index contributed by atoms with van der Waals surface area (Å²) >= 11 is 1.67. The zero-order chi connectivity index (χ0) is 17.6. The lowest BCUT2D eigenvalue weighted by molar-refractivity contribution is -0.129. The molecule has 1 amide bonds. The smallest absolute Gasteiger partial charge is 0.232 e. The van der Waals surface area contributed by atoms with Crippen LogP contribution in [0.5, 0.6) is 0 Å². The summed E-state index contributed by atoms with van der Waals surface area (Å²) in [6.07, 6.45) is 7.65. The summed E-state index contributed by atoms with van der Waals surface area (Å²) in [5.74, 6) is 2.38. The minimum absolute atomic E-state index is 0.275. The van der Waals surface area contributed by atoms with Gasteiger partial charge in [0, 0.05) is 31.2 Å². The maximum Gasteiger partial charge on any atom is 0.232 e. The molecule has 1 N–H and O–H groups in total. The molecule has 1 aliphatic heterocycles.